The first-order valence-electron chi connectivity index (χ1n) is 10.5. The first-order valence-corrected chi connectivity index (χ1v) is 12.0. The minimum atomic E-state index is -3.82. The standard InChI is InChI=1S/C22H32N4O4S/c1-22(2,3)25-31(28,29)20-13-12-19(30-20)21(27)26(4)14-8-11-17-15-18(24-23-17)16-9-6-5-7-10-16/h5-7,9-10,12-13,17-18,23-25H,8,11,14-15H2,1-4H3. The summed E-state index contributed by atoms with van der Waals surface area (Å²) in [6.07, 6.45) is 2.73. The Kier molecular flexibility index (Phi) is 7.20. The normalized spacial score (nSPS) is 19.5. The fraction of sp³-hybridized carbons (Fsp3) is 0.500. The Morgan fingerprint density at radius 2 is 1.87 bits per heavy atom. The van der Waals surface area contributed by atoms with E-state index in [2.05, 4.69) is 27.7 Å². The van der Waals surface area contributed by atoms with Crippen LogP contribution < -0.4 is 15.6 Å². The molecule has 1 saturated heterocycles. The van der Waals surface area contributed by atoms with Gasteiger partial charge in [0, 0.05) is 31.2 Å². The van der Waals surface area contributed by atoms with Crippen LogP contribution >= 0.6 is 0 Å². The van der Waals surface area contributed by atoms with Gasteiger partial charge in [-0.25, -0.2) is 13.1 Å². The first kappa shape index (κ1) is 23.5. The number of amides is 1. The van der Waals surface area contributed by atoms with E-state index in [-0.39, 0.29) is 22.8 Å². The maximum Gasteiger partial charge on any atom is 0.289 e. The Morgan fingerprint density at radius 3 is 2.55 bits per heavy atom. The molecule has 1 aliphatic rings. The Labute approximate surface area is 184 Å². The molecular weight excluding hydrogens is 416 g/mol. The van der Waals surface area contributed by atoms with Crippen LogP contribution in [-0.4, -0.2) is 44.4 Å². The smallest absolute Gasteiger partial charge is 0.289 e. The predicted molar refractivity (Wildman–Crippen MR) is 119 cm³/mol. The van der Waals surface area contributed by atoms with Crippen molar-refractivity contribution in [2.45, 2.75) is 62.7 Å². The Balaban J connectivity index is 1.48. The number of nitrogens with one attached hydrogen (secondary N) is 3. The van der Waals surface area contributed by atoms with E-state index in [1.165, 1.54) is 17.7 Å². The summed E-state index contributed by atoms with van der Waals surface area (Å²) in [5.74, 6) is -0.321. The maximum atomic E-state index is 12.6. The van der Waals surface area contributed by atoms with Gasteiger partial charge >= 0.3 is 0 Å². The van der Waals surface area contributed by atoms with Crippen LogP contribution in [0.4, 0.5) is 0 Å². The van der Waals surface area contributed by atoms with Crippen LogP contribution in [0, 0.1) is 0 Å². The van der Waals surface area contributed by atoms with Gasteiger partial charge in [0.2, 0.25) is 5.09 Å². The molecule has 2 heterocycles. The van der Waals surface area contributed by atoms with Crippen LogP contribution in [0.3, 0.4) is 0 Å². The van der Waals surface area contributed by atoms with E-state index in [9.17, 15) is 13.2 Å². The second kappa shape index (κ2) is 9.52. The van der Waals surface area contributed by atoms with Crippen LogP contribution in [0.15, 0.2) is 52.0 Å². The summed E-state index contributed by atoms with van der Waals surface area (Å²) in [6, 6.07) is 13.6. The molecule has 1 aromatic heterocycles. The predicted octanol–water partition coefficient (Wildman–Crippen LogP) is 2.82. The van der Waals surface area contributed by atoms with E-state index in [1.54, 1.807) is 32.7 Å². The van der Waals surface area contributed by atoms with Crippen molar-refractivity contribution < 1.29 is 17.6 Å². The van der Waals surface area contributed by atoms with Crippen LogP contribution in [-0.2, 0) is 10.0 Å². The minimum Gasteiger partial charge on any atom is -0.438 e. The molecule has 0 spiro atoms. The molecule has 1 aromatic carbocycles. The van der Waals surface area contributed by atoms with Gasteiger partial charge in [-0.3, -0.25) is 15.6 Å². The molecule has 170 valence electrons. The third-order valence-electron chi connectivity index (χ3n) is 5.07. The second-order valence-electron chi connectivity index (χ2n) is 9.03. The number of hydrogen-bond acceptors (Lipinski definition) is 6. The number of hydrazine groups is 1. The molecule has 0 radical (unpaired) electrons. The largest absolute Gasteiger partial charge is 0.438 e. The molecule has 1 aliphatic heterocycles. The summed E-state index contributed by atoms with van der Waals surface area (Å²) in [5.41, 5.74) is 7.28. The van der Waals surface area contributed by atoms with Crippen molar-refractivity contribution in [2.24, 2.45) is 0 Å². The van der Waals surface area contributed by atoms with Gasteiger partial charge in [0.05, 0.1) is 0 Å². The third-order valence-corrected chi connectivity index (χ3v) is 6.70. The van der Waals surface area contributed by atoms with Crippen molar-refractivity contribution in [3.05, 3.63) is 53.8 Å². The lowest BCUT2D eigenvalue weighted by molar-refractivity contribution is 0.0754. The summed E-state index contributed by atoms with van der Waals surface area (Å²) in [6.45, 7) is 5.77. The summed E-state index contributed by atoms with van der Waals surface area (Å²) in [7, 11) is -2.12. The highest BCUT2D eigenvalue weighted by atomic mass is 32.2. The van der Waals surface area contributed by atoms with Crippen LogP contribution in [0.25, 0.3) is 0 Å². The van der Waals surface area contributed by atoms with Gasteiger partial charge in [0.25, 0.3) is 15.9 Å². The Hall–Kier alpha value is -2.20. The van der Waals surface area contributed by atoms with Gasteiger partial charge in [-0.1, -0.05) is 30.3 Å². The molecule has 8 nitrogen and oxygen atoms in total. The second-order valence-corrected chi connectivity index (χ2v) is 10.6. The number of carbonyl (C=O) groups excluding carboxylic acids is 1. The Morgan fingerprint density at radius 1 is 1.16 bits per heavy atom. The van der Waals surface area contributed by atoms with Gasteiger partial charge in [-0.05, 0) is 57.7 Å². The Bertz CT molecular complexity index is 982. The summed E-state index contributed by atoms with van der Waals surface area (Å²) in [4.78, 5) is 14.2. The molecule has 9 heteroatoms. The molecule has 31 heavy (non-hydrogen) atoms. The number of carbonyl (C=O) groups is 1. The average molecular weight is 449 g/mol. The molecule has 2 unspecified atom stereocenters. The average Bonchev–Trinajstić information content (AvgIpc) is 3.36. The monoisotopic (exact) mass is 448 g/mol. The fourth-order valence-corrected chi connectivity index (χ4v) is 4.97. The topological polar surface area (TPSA) is 104 Å². The van der Waals surface area contributed by atoms with Crippen LogP contribution in [0.1, 0.15) is 62.2 Å². The maximum absolute atomic E-state index is 12.6. The number of sulfonamides is 1. The van der Waals surface area contributed by atoms with Gasteiger partial charge in [0.1, 0.15) is 0 Å². The molecule has 2 atom stereocenters. The molecule has 1 fully saturated rings. The van der Waals surface area contributed by atoms with E-state index < -0.39 is 15.6 Å². The molecule has 3 rings (SSSR count). The van der Waals surface area contributed by atoms with E-state index in [4.69, 9.17) is 4.42 Å². The highest BCUT2D eigenvalue weighted by molar-refractivity contribution is 7.89. The molecule has 0 bridgehead atoms. The fourth-order valence-electron chi connectivity index (χ4n) is 3.61. The summed E-state index contributed by atoms with van der Waals surface area (Å²) >= 11 is 0. The summed E-state index contributed by atoms with van der Waals surface area (Å²) in [5, 5.41) is -0.257. The number of rotatable bonds is 8. The number of hydrogen-bond donors (Lipinski definition) is 3. The number of nitrogens with zero attached hydrogens (tertiary/aromatic N) is 1. The molecular formula is C22H32N4O4S. The third kappa shape index (κ3) is 6.39. The zero-order chi connectivity index (χ0) is 22.6. The van der Waals surface area contributed by atoms with Crippen molar-refractivity contribution in [1.82, 2.24) is 20.5 Å². The van der Waals surface area contributed by atoms with Gasteiger partial charge in [-0.15, -0.1) is 0 Å². The van der Waals surface area contributed by atoms with E-state index in [1.807, 2.05) is 18.2 Å². The SMILES string of the molecule is CN(CCCC1CC(c2ccccc2)NN1)C(=O)c1ccc(S(=O)(=O)NC(C)(C)C)o1. The van der Waals surface area contributed by atoms with Crippen molar-refractivity contribution >= 4 is 15.9 Å². The van der Waals surface area contributed by atoms with Crippen molar-refractivity contribution in [3.8, 4) is 0 Å². The van der Waals surface area contributed by atoms with Crippen molar-refractivity contribution in [1.29, 1.82) is 0 Å². The zero-order valence-electron chi connectivity index (χ0n) is 18.5. The highest BCUT2D eigenvalue weighted by Crippen LogP contribution is 2.24. The van der Waals surface area contributed by atoms with E-state index in [0.717, 1.165) is 19.3 Å². The number of benzene rings is 1. The summed E-state index contributed by atoms with van der Waals surface area (Å²) < 4.78 is 32.6. The highest BCUT2D eigenvalue weighted by Gasteiger charge is 2.27. The van der Waals surface area contributed by atoms with Gasteiger partial charge in [0.15, 0.2) is 5.76 Å². The quantitative estimate of drug-likeness (QED) is 0.574. The molecule has 0 aliphatic carbocycles. The first-order chi connectivity index (χ1) is 14.5. The van der Waals surface area contributed by atoms with Crippen LogP contribution in [0.5, 0.6) is 0 Å². The molecule has 0 saturated carbocycles. The lowest BCUT2D eigenvalue weighted by atomic mass is 10.00. The minimum absolute atomic E-state index is 0.0154. The van der Waals surface area contributed by atoms with Crippen molar-refractivity contribution in [2.75, 3.05) is 13.6 Å². The van der Waals surface area contributed by atoms with Gasteiger partial charge < -0.3 is 9.32 Å². The van der Waals surface area contributed by atoms with E-state index >= 15 is 0 Å². The van der Waals surface area contributed by atoms with Gasteiger partial charge in [-0.2, -0.15) is 0 Å². The lowest BCUT2D eigenvalue weighted by Crippen LogP contribution is -2.40. The zero-order valence-corrected chi connectivity index (χ0v) is 19.3. The molecule has 2 aromatic rings. The van der Waals surface area contributed by atoms with E-state index in [0.29, 0.717) is 12.6 Å². The lowest BCUT2D eigenvalue weighted by Gasteiger charge is -2.19. The number of furan rings is 1. The van der Waals surface area contributed by atoms with Crippen molar-refractivity contribution in [3.63, 3.8) is 0 Å². The van der Waals surface area contributed by atoms with Crippen LogP contribution in [0.2, 0.25) is 0 Å². The molecule has 1 amide bonds. The molecule has 3 N–H and O–H groups in total.